The Labute approximate surface area is 172 Å². The number of carbonyl (C=O) groups is 1. The van der Waals surface area contributed by atoms with E-state index >= 15 is 0 Å². The van der Waals surface area contributed by atoms with E-state index < -0.39 is 0 Å². The van der Waals surface area contributed by atoms with E-state index in [2.05, 4.69) is 10.4 Å². The molecule has 3 aromatic rings. The predicted octanol–water partition coefficient (Wildman–Crippen LogP) is 5.02. The van der Waals surface area contributed by atoms with Gasteiger partial charge in [0.05, 0.1) is 23.4 Å². The fourth-order valence-corrected chi connectivity index (χ4v) is 4.31. The van der Waals surface area contributed by atoms with Gasteiger partial charge in [-0.05, 0) is 42.1 Å². The van der Waals surface area contributed by atoms with Crippen LogP contribution in [-0.4, -0.2) is 23.2 Å². The van der Waals surface area contributed by atoms with E-state index in [1.54, 1.807) is 22.6 Å². The molecule has 144 valence electrons. The molecular weight excluding hydrogens is 394 g/mol. The molecule has 0 bridgehead atoms. The summed E-state index contributed by atoms with van der Waals surface area (Å²) >= 11 is 7.88. The smallest absolute Gasteiger partial charge is 0.257 e. The fraction of sp³-hybridized carbons (Fsp3) is 0.238. The molecule has 28 heavy (non-hydrogen) atoms. The number of hydrogen-bond acceptors (Lipinski definition) is 5. The topological polar surface area (TPSA) is 57.8 Å². The van der Waals surface area contributed by atoms with Crippen molar-refractivity contribution in [2.75, 3.05) is 6.54 Å². The SMILES string of the molecule is CC(NCC(=O)N1N=C(c2cccs2)CC1c1ccco1)c1ccccc1Cl. The number of hydrazone groups is 1. The van der Waals surface area contributed by atoms with Crippen LogP contribution in [-0.2, 0) is 4.79 Å². The van der Waals surface area contributed by atoms with Crippen molar-refractivity contribution in [2.45, 2.75) is 25.4 Å². The lowest BCUT2D eigenvalue weighted by atomic mass is 10.1. The van der Waals surface area contributed by atoms with Crippen LogP contribution < -0.4 is 5.32 Å². The number of benzene rings is 1. The molecule has 0 fully saturated rings. The molecule has 1 aromatic carbocycles. The highest BCUT2D eigenvalue weighted by Crippen LogP contribution is 2.34. The van der Waals surface area contributed by atoms with Crippen molar-refractivity contribution in [2.24, 2.45) is 5.10 Å². The zero-order chi connectivity index (χ0) is 19.5. The highest BCUT2D eigenvalue weighted by molar-refractivity contribution is 7.12. The molecule has 7 heteroatoms. The standard InChI is InChI=1S/C21H20ClN3O2S/c1-14(15-6-2-3-7-16(15)22)23-13-21(26)25-18(19-8-4-10-27-19)12-17(24-25)20-9-5-11-28-20/h2-11,14,18,23H,12-13H2,1H3. The van der Waals surface area contributed by atoms with Gasteiger partial charge in [0.2, 0.25) is 0 Å². The summed E-state index contributed by atoms with van der Waals surface area (Å²) in [5, 5.41) is 12.1. The van der Waals surface area contributed by atoms with Crippen molar-refractivity contribution >= 4 is 34.6 Å². The molecule has 2 aromatic heterocycles. The second-order valence-corrected chi connectivity index (χ2v) is 7.98. The molecule has 1 amide bonds. The van der Waals surface area contributed by atoms with Crippen LogP contribution >= 0.6 is 22.9 Å². The van der Waals surface area contributed by atoms with Crippen molar-refractivity contribution in [1.29, 1.82) is 0 Å². The van der Waals surface area contributed by atoms with Crippen LogP contribution in [0.25, 0.3) is 0 Å². The molecule has 0 radical (unpaired) electrons. The van der Waals surface area contributed by atoms with Gasteiger partial charge in [-0.3, -0.25) is 4.79 Å². The quantitative estimate of drug-likeness (QED) is 0.617. The van der Waals surface area contributed by atoms with Crippen LogP contribution in [0.4, 0.5) is 0 Å². The Balaban J connectivity index is 1.49. The van der Waals surface area contributed by atoms with E-state index in [-0.39, 0.29) is 24.5 Å². The Kier molecular flexibility index (Phi) is 5.62. The molecule has 5 nitrogen and oxygen atoms in total. The zero-order valence-corrected chi connectivity index (χ0v) is 16.9. The number of hydrogen-bond donors (Lipinski definition) is 1. The van der Waals surface area contributed by atoms with Crippen molar-refractivity contribution < 1.29 is 9.21 Å². The summed E-state index contributed by atoms with van der Waals surface area (Å²) in [6.07, 6.45) is 2.26. The fourth-order valence-electron chi connectivity index (χ4n) is 3.29. The van der Waals surface area contributed by atoms with Crippen LogP contribution in [0.3, 0.4) is 0 Å². The third-order valence-corrected chi connectivity index (χ3v) is 6.04. The average Bonchev–Trinajstić information content (AvgIpc) is 3.46. The monoisotopic (exact) mass is 413 g/mol. The number of halogens is 1. The first-order valence-electron chi connectivity index (χ1n) is 9.08. The highest BCUT2D eigenvalue weighted by atomic mass is 35.5. The number of carbonyl (C=O) groups excluding carboxylic acids is 1. The maximum absolute atomic E-state index is 13.0. The second-order valence-electron chi connectivity index (χ2n) is 6.62. The Morgan fingerprint density at radius 1 is 1.32 bits per heavy atom. The van der Waals surface area contributed by atoms with E-state index in [1.807, 2.05) is 60.8 Å². The highest BCUT2D eigenvalue weighted by Gasteiger charge is 2.35. The first-order chi connectivity index (χ1) is 13.6. The molecule has 0 saturated carbocycles. The van der Waals surface area contributed by atoms with Crippen molar-refractivity contribution in [3.63, 3.8) is 0 Å². The molecule has 2 atom stereocenters. The first-order valence-corrected chi connectivity index (χ1v) is 10.3. The van der Waals surface area contributed by atoms with E-state index in [1.165, 1.54) is 0 Å². The predicted molar refractivity (Wildman–Crippen MR) is 112 cm³/mol. The van der Waals surface area contributed by atoms with Crippen LogP contribution in [0.5, 0.6) is 0 Å². The van der Waals surface area contributed by atoms with Gasteiger partial charge in [-0.2, -0.15) is 5.10 Å². The molecular formula is C21H20ClN3O2S. The van der Waals surface area contributed by atoms with Gasteiger partial charge in [0.1, 0.15) is 11.8 Å². The maximum atomic E-state index is 13.0. The summed E-state index contributed by atoms with van der Waals surface area (Å²) in [6.45, 7) is 2.15. The van der Waals surface area contributed by atoms with Crippen LogP contribution in [0, 0.1) is 0 Å². The summed E-state index contributed by atoms with van der Waals surface area (Å²) in [6, 6.07) is 15.1. The van der Waals surface area contributed by atoms with Gasteiger partial charge in [-0.1, -0.05) is 35.9 Å². The zero-order valence-electron chi connectivity index (χ0n) is 15.3. The lowest BCUT2D eigenvalue weighted by Crippen LogP contribution is -2.36. The van der Waals surface area contributed by atoms with Gasteiger partial charge in [-0.15, -0.1) is 11.3 Å². The average molecular weight is 414 g/mol. The van der Waals surface area contributed by atoms with Crippen molar-refractivity contribution in [1.82, 2.24) is 10.3 Å². The molecule has 4 rings (SSSR count). The van der Waals surface area contributed by atoms with Gasteiger partial charge in [0, 0.05) is 17.5 Å². The number of furan rings is 1. The first kappa shape index (κ1) is 18.9. The van der Waals surface area contributed by atoms with Crippen molar-refractivity contribution in [3.05, 3.63) is 81.4 Å². The lowest BCUT2D eigenvalue weighted by molar-refractivity contribution is -0.132. The number of nitrogens with one attached hydrogen (secondary N) is 1. The van der Waals surface area contributed by atoms with E-state index in [0.717, 1.165) is 21.9 Å². The van der Waals surface area contributed by atoms with Crippen molar-refractivity contribution in [3.8, 4) is 0 Å². The van der Waals surface area contributed by atoms with Gasteiger partial charge >= 0.3 is 0 Å². The minimum Gasteiger partial charge on any atom is -0.467 e. The molecule has 1 aliphatic heterocycles. The molecule has 1 N–H and O–H groups in total. The molecule has 0 aliphatic carbocycles. The maximum Gasteiger partial charge on any atom is 0.257 e. The summed E-state index contributed by atoms with van der Waals surface area (Å²) in [5.74, 6) is 0.634. The summed E-state index contributed by atoms with van der Waals surface area (Å²) in [4.78, 5) is 14.0. The number of rotatable bonds is 6. The van der Waals surface area contributed by atoms with Crippen LogP contribution in [0.1, 0.15) is 41.6 Å². The Morgan fingerprint density at radius 3 is 2.89 bits per heavy atom. The second kappa shape index (κ2) is 8.31. The molecule has 0 spiro atoms. The van der Waals surface area contributed by atoms with Gasteiger partial charge in [0.25, 0.3) is 5.91 Å². The third-order valence-electron chi connectivity index (χ3n) is 4.77. The molecule has 0 saturated heterocycles. The van der Waals surface area contributed by atoms with Gasteiger partial charge in [0.15, 0.2) is 0 Å². The minimum atomic E-state index is -0.225. The minimum absolute atomic E-state index is 0.0527. The van der Waals surface area contributed by atoms with Crippen LogP contribution in [0.2, 0.25) is 5.02 Å². The Hall–Kier alpha value is -2.41. The Bertz CT molecular complexity index is 969. The van der Waals surface area contributed by atoms with E-state index in [9.17, 15) is 4.79 Å². The summed E-state index contributed by atoms with van der Waals surface area (Å²) in [7, 11) is 0. The Morgan fingerprint density at radius 2 is 2.18 bits per heavy atom. The largest absolute Gasteiger partial charge is 0.467 e. The van der Waals surface area contributed by atoms with Gasteiger partial charge in [-0.25, -0.2) is 5.01 Å². The number of thiophene rings is 1. The summed E-state index contributed by atoms with van der Waals surface area (Å²) in [5.41, 5.74) is 1.87. The third kappa shape index (κ3) is 3.90. The lowest BCUT2D eigenvalue weighted by Gasteiger charge is -2.22. The summed E-state index contributed by atoms with van der Waals surface area (Å²) < 4.78 is 5.57. The molecule has 2 unspecified atom stereocenters. The van der Waals surface area contributed by atoms with E-state index in [0.29, 0.717) is 11.4 Å². The number of amides is 1. The van der Waals surface area contributed by atoms with Gasteiger partial charge < -0.3 is 9.73 Å². The molecule has 3 heterocycles. The normalized spacial score (nSPS) is 17.6. The number of nitrogens with zero attached hydrogens (tertiary/aromatic N) is 2. The van der Waals surface area contributed by atoms with E-state index in [4.69, 9.17) is 16.0 Å². The molecule has 1 aliphatic rings. The van der Waals surface area contributed by atoms with Crippen LogP contribution in [0.15, 0.2) is 69.7 Å².